The second-order valence-electron chi connectivity index (χ2n) is 4.59. The Bertz CT molecular complexity index is 819. The van der Waals surface area contributed by atoms with Gasteiger partial charge in [0.15, 0.2) is 0 Å². The number of nitrogens with zero attached hydrogens (tertiary/aromatic N) is 2. The highest BCUT2D eigenvalue weighted by atomic mass is 16.2. The Morgan fingerprint density at radius 1 is 1.21 bits per heavy atom. The van der Waals surface area contributed by atoms with Crippen LogP contribution in [0.1, 0.15) is 10.5 Å². The van der Waals surface area contributed by atoms with Gasteiger partial charge in [0.2, 0.25) is 5.91 Å². The number of fused-ring (bicyclic) bond motifs is 4. The van der Waals surface area contributed by atoms with E-state index in [2.05, 4.69) is 10.3 Å². The van der Waals surface area contributed by atoms with Crippen molar-refractivity contribution in [3.05, 3.63) is 42.2 Å². The molecule has 5 heteroatoms. The maximum atomic E-state index is 11.8. The number of nitrogens with one attached hydrogen (secondary N) is 1. The molecular formula is C14H9N3O2. The first-order valence-corrected chi connectivity index (χ1v) is 5.95. The highest BCUT2D eigenvalue weighted by Crippen LogP contribution is 2.32. The zero-order valence-electron chi connectivity index (χ0n) is 9.88. The van der Waals surface area contributed by atoms with Gasteiger partial charge in [-0.25, -0.2) is 4.98 Å². The number of carbonyl (C=O) groups excluding carboxylic acids is 2. The van der Waals surface area contributed by atoms with Crippen molar-refractivity contribution in [3.63, 3.8) is 0 Å². The average molecular weight is 251 g/mol. The van der Waals surface area contributed by atoms with E-state index in [1.54, 1.807) is 16.8 Å². The Hall–Kier alpha value is -2.69. The Balaban J connectivity index is 2.08. The second kappa shape index (κ2) is 3.41. The van der Waals surface area contributed by atoms with Gasteiger partial charge in [-0.15, -0.1) is 0 Å². The van der Waals surface area contributed by atoms with Crippen LogP contribution in [0.5, 0.6) is 0 Å². The minimum Gasteiger partial charge on any atom is -0.332 e. The number of aromatic nitrogens is 2. The summed E-state index contributed by atoms with van der Waals surface area (Å²) in [5.41, 5.74) is 3.12. The summed E-state index contributed by atoms with van der Waals surface area (Å²) in [6.45, 7) is 0.153. The van der Waals surface area contributed by atoms with Crippen LogP contribution in [0.3, 0.4) is 0 Å². The van der Waals surface area contributed by atoms with Crippen LogP contribution in [0.25, 0.3) is 22.2 Å². The molecule has 3 aliphatic rings. The molecule has 4 rings (SSSR count). The molecule has 1 aromatic rings. The Morgan fingerprint density at radius 3 is 2.95 bits per heavy atom. The first kappa shape index (κ1) is 10.3. The maximum absolute atomic E-state index is 11.8. The molecule has 1 N–H and O–H groups in total. The van der Waals surface area contributed by atoms with Gasteiger partial charge < -0.3 is 4.57 Å². The normalized spacial score (nSPS) is 14.7. The van der Waals surface area contributed by atoms with E-state index in [1.807, 2.05) is 24.3 Å². The lowest BCUT2D eigenvalue weighted by Crippen LogP contribution is -2.41. The zero-order valence-corrected chi connectivity index (χ0v) is 9.88. The summed E-state index contributed by atoms with van der Waals surface area (Å²) in [6, 6.07) is 9.58. The molecule has 19 heavy (non-hydrogen) atoms. The number of para-hydroxylation sites is 1. The lowest BCUT2D eigenvalue weighted by molar-refractivity contribution is -0.121. The van der Waals surface area contributed by atoms with Crippen molar-refractivity contribution in [2.24, 2.45) is 0 Å². The first-order valence-electron chi connectivity index (χ1n) is 5.95. The number of rotatable bonds is 0. The maximum Gasteiger partial charge on any atom is 0.274 e. The summed E-state index contributed by atoms with van der Waals surface area (Å²) in [5, 5.41) is 3.34. The number of benzene rings is 1. The van der Waals surface area contributed by atoms with Crippen LogP contribution in [0.15, 0.2) is 36.5 Å². The Morgan fingerprint density at radius 2 is 2.05 bits per heavy atom. The third kappa shape index (κ3) is 1.38. The molecule has 1 aromatic carbocycles. The quantitative estimate of drug-likeness (QED) is 0.614. The smallest absolute Gasteiger partial charge is 0.274 e. The van der Waals surface area contributed by atoms with Gasteiger partial charge in [0.1, 0.15) is 12.2 Å². The monoisotopic (exact) mass is 251 g/mol. The SMILES string of the molecule is O=C1Cn2cc3nc4ccccc4c-3cc2C(=O)N1. The fourth-order valence-corrected chi connectivity index (χ4v) is 2.53. The molecule has 0 fully saturated rings. The highest BCUT2D eigenvalue weighted by molar-refractivity contribution is 6.08. The van der Waals surface area contributed by atoms with Crippen molar-refractivity contribution < 1.29 is 9.59 Å². The van der Waals surface area contributed by atoms with Crippen LogP contribution in [0, 0.1) is 0 Å². The molecule has 0 aliphatic carbocycles. The van der Waals surface area contributed by atoms with Gasteiger partial charge in [-0.2, -0.15) is 0 Å². The van der Waals surface area contributed by atoms with Gasteiger partial charge in [0.05, 0.1) is 11.2 Å². The Labute approximate surface area is 108 Å². The molecule has 0 radical (unpaired) electrons. The molecule has 0 spiro atoms. The zero-order chi connectivity index (χ0) is 13.0. The number of carbonyl (C=O) groups is 2. The van der Waals surface area contributed by atoms with Gasteiger partial charge in [-0.1, -0.05) is 18.2 Å². The molecule has 3 heterocycles. The van der Waals surface area contributed by atoms with E-state index in [1.165, 1.54) is 0 Å². The molecule has 0 atom stereocenters. The van der Waals surface area contributed by atoms with Gasteiger partial charge in [-0.05, 0) is 12.1 Å². The fourth-order valence-electron chi connectivity index (χ4n) is 2.53. The summed E-state index contributed by atoms with van der Waals surface area (Å²) in [6.07, 6.45) is 1.77. The molecule has 0 bridgehead atoms. The molecule has 0 saturated heterocycles. The molecule has 0 unspecified atom stereocenters. The number of pyridine rings is 1. The average Bonchev–Trinajstić information content (AvgIpc) is 2.74. The number of hydrogen-bond donors (Lipinski definition) is 1. The first-order chi connectivity index (χ1) is 9.22. The van der Waals surface area contributed by atoms with E-state index >= 15 is 0 Å². The number of imide groups is 1. The predicted molar refractivity (Wildman–Crippen MR) is 68.8 cm³/mol. The molecule has 3 aliphatic heterocycles. The summed E-state index contributed by atoms with van der Waals surface area (Å²) >= 11 is 0. The van der Waals surface area contributed by atoms with E-state index in [-0.39, 0.29) is 18.4 Å². The predicted octanol–water partition coefficient (Wildman–Crippen LogP) is 1.41. The van der Waals surface area contributed by atoms with Gasteiger partial charge in [-0.3, -0.25) is 14.9 Å². The van der Waals surface area contributed by atoms with Crippen LogP contribution in [0.4, 0.5) is 0 Å². The summed E-state index contributed by atoms with van der Waals surface area (Å²) in [7, 11) is 0. The summed E-state index contributed by atoms with van der Waals surface area (Å²) in [5.74, 6) is -0.651. The van der Waals surface area contributed by atoms with Crippen molar-refractivity contribution in [2.75, 3.05) is 0 Å². The van der Waals surface area contributed by atoms with E-state index in [0.29, 0.717) is 5.69 Å². The third-order valence-electron chi connectivity index (χ3n) is 3.38. The standard InChI is InChI=1S/C14H9N3O2/c18-13-7-17-6-11-9(5-12(17)14(19)16-13)8-3-1-2-4-10(8)15-11/h1-6H,7H2,(H,16,18,19). The fraction of sp³-hybridized carbons (Fsp3) is 0.0714. The number of amides is 2. The van der Waals surface area contributed by atoms with Crippen LogP contribution in [0.2, 0.25) is 0 Å². The molecule has 2 amide bonds. The van der Waals surface area contributed by atoms with Crippen molar-refractivity contribution in [1.29, 1.82) is 0 Å². The van der Waals surface area contributed by atoms with Crippen LogP contribution < -0.4 is 5.32 Å². The lowest BCUT2D eigenvalue weighted by Gasteiger charge is -2.19. The van der Waals surface area contributed by atoms with Gasteiger partial charge >= 0.3 is 0 Å². The van der Waals surface area contributed by atoms with Crippen molar-refractivity contribution in [2.45, 2.75) is 6.54 Å². The minimum absolute atomic E-state index is 0.153. The Kier molecular flexibility index (Phi) is 1.84. The van der Waals surface area contributed by atoms with E-state index in [0.717, 1.165) is 22.2 Å². The summed E-state index contributed by atoms with van der Waals surface area (Å²) < 4.78 is 1.65. The van der Waals surface area contributed by atoms with E-state index in [9.17, 15) is 9.59 Å². The largest absolute Gasteiger partial charge is 0.332 e. The third-order valence-corrected chi connectivity index (χ3v) is 3.38. The topological polar surface area (TPSA) is 64.0 Å². The van der Waals surface area contributed by atoms with Crippen LogP contribution in [-0.4, -0.2) is 21.4 Å². The van der Waals surface area contributed by atoms with Crippen molar-refractivity contribution >= 4 is 22.7 Å². The van der Waals surface area contributed by atoms with Crippen molar-refractivity contribution in [3.8, 4) is 11.3 Å². The van der Waals surface area contributed by atoms with Crippen LogP contribution in [-0.2, 0) is 11.3 Å². The number of hydrogen-bond acceptors (Lipinski definition) is 3. The van der Waals surface area contributed by atoms with Crippen molar-refractivity contribution in [1.82, 2.24) is 14.9 Å². The molecule has 5 nitrogen and oxygen atoms in total. The molecular weight excluding hydrogens is 242 g/mol. The summed E-state index contributed by atoms with van der Waals surface area (Å²) in [4.78, 5) is 27.7. The van der Waals surface area contributed by atoms with Gasteiger partial charge in [0, 0.05) is 17.1 Å². The lowest BCUT2D eigenvalue weighted by atomic mass is 10.1. The second-order valence-corrected chi connectivity index (χ2v) is 4.59. The minimum atomic E-state index is -0.358. The van der Waals surface area contributed by atoms with E-state index in [4.69, 9.17) is 0 Å². The highest BCUT2D eigenvalue weighted by Gasteiger charge is 2.24. The molecule has 0 saturated carbocycles. The van der Waals surface area contributed by atoms with E-state index < -0.39 is 0 Å². The molecule has 92 valence electrons. The molecule has 0 aromatic heterocycles. The van der Waals surface area contributed by atoms with Crippen LogP contribution >= 0.6 is 0 Å². The van der Waals surface area contributed by atoms with Gasteiger partial charge in [0.25, 0.3) is 5.91 Å².